The van der Waals surface area contributed by atoms with Crippen molar-refractivity contribution in [3.8, 4) is 5.75 Å². The van der Waals surface area contributed by atoms with Crippen LogP contribution in [-0.2, 0) is 9.59 Å². The molecule has 0 aromatic heterocycles. The van der Waals surface area contributed by atoms with Crippen LogP contribution in [0.15, 0.2) is 24.3 Å². The number of rotatable bonds is 6. The van der Waals surface area contributed by atoms with Crippen molar-refractivity contribution in [1.82, 2.24) is 10.2 Å². The summed E-state index contributed by atoms with van der Waals surface area (Å²) in [5.41, 5.74) is -1.53. The fourth-order valence-corrected chi connectivity index (χ4v) is 5.76. The van der Waals surface area contributed by atoms with E-state index in [0.29, 0.717) is 12.8 Å². The molecule has 2 atom stereocenters. The lowest BCUT2D eigenvalue weighted by molar-refractivity contribution is -0.144. The monoisotopic (exact) mass is 446 g/mol. The van der Waals surface area contributed by atoms with Gasteiger partial charge < -0.3 is 25.2 Å². The number of para-hydroxylation sites is 1. The standard InChI is InChI=1S/C24H31FN2O5/c25-16-3-1-2-4-19(16)32-24(11-12-24)21(31)27-13-17(18(29)14-27)26-20(30)23-8-5-22(15-28,6-9-23)7-10-23/h1-4,17-18,28-29H,5-15H2,(H,26,30)/t17-,18-,22?,23?/m1/s1. The summed E-state index contributed by atoms with van der Waals surface area (Å²) in [4.78, 5) is 27.9. The Hall–Kier alpha value is -2.19. The third kappa shape index (κ3) is 3.57. The van der Waals surface area contributed by atoms with E-state index in [4.69, 9.17) is 4.74 Å². The van der Waals surface area contributed by atoms with Crippen molar-refractivity contribution < 1.29 is 28.9 Å². The van der Waals surface area contributed by atoms with Crippen molar-refractivity contribution in [1.29, 1.82) is 0 Å². The van der Waals surface area contributed by atoms with Gasteiger partial charge in [-0.25, -0.2) is 4.39 Å². The molecule has 4 saturated carbocycles. The summed E-state index contributed by atoms with van der Waals surface area (Å²) in [6.07, 6.45) is 4.96. The summed E-state index contributed by atoms with van der Waals surface area (Å²) in [5.74, 6) is -0.776. The van der Waals surface area contributed by atoms with Crippen LogP contribution in [0.25, 0.3) is 0 Å². The summed E-state index contributed by atoms with van der Waals surface area (Å²) < 4.78 is 19.8. The Balaban J connectivity index is 1.21. The molecule has 4 aliphatic carbocycles. The predicted octanol–water partition coefficient (Wildman–Crippen LogP) is 1.76. The van der Waals surface area contributed by atoms with Crippen LogP contribution in [0.4, 0.5) is 4.39 Å². The molecule has 1 aromatic carbocycles. The zero-order valence-electron chi connectivity index (χ0n) is 18.2. The first-order valence-corrected chi connectivity index (χ1v) is 11.6. The molecule has 8 heteroatoms. The molecule has 2 amide bonds. The van der Waals surface area contributed by atoms with Gasteiger partial charge in [0.05, 0.1) is 12.1 Å². The topological polar surface area (TPSA) is 99.1 Å². The average molecular weight is 447 g/mol. The number of nitrogens with one attached hydrogen (secondary N) is 1. The molecule has 0 radical (unpaired) electrons. The van der Waals surface area contributed by atoms with Crippen molar-refractivity contribution in [2.75, 3.05) is 19.7 Å². The first-order valence-electron chi connectivity index (χ1n) is 11.6. The summed E-state index contributed by atoms with van der Waals surface area (Å²) in [6, 6.07) is 5.49. The van der Waals surface area contributed by atoms with E-state index in [-0.39, 0.29) is 42.7 Å². The molecule has 0 unspecified atom stereocenters. The van der Waals surface area contributed by atoms with Crippen LogP contribution in [0.2, 0.25) is 0 Å². The second-order valence-corrected chi connectivity index (χ2v) is 10.3. The zero-order chi connectivity index (χ0) is 22.6. The minimum atomic E-state index is -1.08. The van der Waals surface area contributed by atoms with Gasteiger partial charge in [0.2, 0.25) is 5.91 Å². The van der Waals surface area contributed by atoms with Gasteiger partial charge in [0.25, 0.3) is 5.91 Å². The van der Waals surface area contributed by atoms with Gasteiger partial charge in [-0.3, -0.25) is 9.59 Å². The lowest BCUT2D eigenvalue weighted by Gasteiger charge is -2.52. The average Bonchev–Trinajstić information content (AvgIpc) is 3.52. The highest BCUT2D eigenvalue weighted by Crippen LogP contribution is 2.56. The second-order valence-electron chi connectivity index (χ2n) is 10.3. The molecule has 7 nitrogen and oxygen atoms in total. The zero-order valence-corrected chi connectivity index (χ0v) is 18.2. The molecule has 32 heavy (non-hydrogen) atoms. The summed E-state index contributed by atoms with van der Waals surface area (Å²) in [6.45, 7) is 0.511. The van der Waals surface area contributed by atoms with Crippen LogP contribution in [0.3, 0.4) is 0 Å². The maximum absolute atomic E-state index is 14.0. The minimum absolute atomic E-state index is 0.0189. The summed E-state index contributed by atoms with van der Waals surface area (Å²) in [5, 5.41) is 23.3. The molecular weight excluding hydrogens is 415 g/mol. The van der Waals surface area contributed by atoms with E-state index in [0.717, 1.165) is 38.5 Å². The van der Waals surface area contributed by atoms with E-state index in [9.17, 15) is 24.2 Å². The van der Waals surface area contributed by atoms with Gasteiger partial charge in [-0.2, -0.15) is 0 Å². The number of carbonyl (C=O) groups excluding carboxylic acids is 2. The number of aliphatic hydroxyl groups is 2. The summed E-state index contributed by atoms with van der Waals surface area (Å²) >= 11 is 0. The first-order chi connectivity index (χ1) is 15.3. The van der Waals surface area contributed by atoms with Crippen LogP contribution in [0.1, 0.15) is 51.4 Å². The van der Waals surface area contributed by atoms with Gasteiger partial charge in [0, 0.05) is 38.0 Å². The number of carbonyl (C=O) groups is 2. The number of hydrogen-bond donors (Lipinski definition) is 3. The molecule has 5 fully saturated rings. The van der Waals surface area contributed by atoms with Gasteiger partial charge in [-0.15, -0.1) is 0 Å². The van der Waals surface area contributed by atoms with E-state index in [1.165, 1.54) is 17.0 Å². The molecule has 1 aromatic rings. The van der Waals surface area contributed by atoms with Crippen molar-refractivity contribution in [2.24, 2.45) is 10.8 Å². The molecular formula is C24H31FN2O5. The smallest absolute Gasteiger partial charge is 0.266 e. The fraction of sp³-hybridized carbons (Fsp3) is 0.667. The number of fused-ring (bicyclic) bond motifs is 3. The number of likely N-dealkylation sites (tertiary alicyclic amines) is 1. The lowest BCUT2D eigenvalue weighted by atomic mass is 9.53. The van der Waals surface area contributed by atoms with Crippen molar-refractivity contribution in [3.63, 3.8) is 0 Å². The SMILES string of the molecule is O=C(N[C@@H]1CN(C(=O)C2(Oc3ccccc3F)CC2)C[C@H]1O)C12CCC(CO)(CC1)CC2. The number of benzene rings is 1. The molecule has 6 rings (SSSR count). The van der Waals surface area contributed by atoms with E-state index in [1.807, 2.05) is 0 Å². The Morgan fingerprint density at radius 3 is 2.31 bits per heavy atom. The molecule has 0 spiro atoms. The maximum Gasteiger partial charge on any atom is 0.266 e. The summed E-state index contributed by atoms with van der Waals surface area (Å²) in [7, 11) is 0. The number of β-amino-alcohol motifs (C(OH)–C–C–N with tert-alkyl or cyclic N) is 1. The van der Waals surface area contributed by atoms with Crippen molar-refractivity contribution in [3.05, 3.63) is 30.1 Å². The highest BCUT2D eigenvalue weighted by atomic mass is 19.1. The van der Waals surface area contributed by atoms with Crippen LogP contribution >= 0.6 is 0 Å². The first kappa shape index (κ1) is 21.6. The number of hydrogen-bond acceptors (Lipinski definition) is 5. The third-order valence-corrected chi connectivity index (χ3v) is 8.35. The van der Waals surface area contributed by atoms with Crippen molar-refractivity contribution in [2.45, 2.75) is 69.1 Å². The second kappa shape index (κ2) is 7.70. The normalized spacial score (nSPS) is 34.9. The van der Waals surface area contributed by atoms with Gasteiger partial charge in [-0.05, 0) is 56.1 Å². The van der Waals surface area contributed by atoms with Gasteiger partial charge in [-0.1, -0.05) is 12.1 Å². The maximum atomic E-state index is 14.0. The van der Waals surface area contributed by atoms with Gasteiger partial charge in [0.1, 0.15) is 0 Å². The molecule has 1 saturated heterocycles. The lowest BCUT2D eigenvalue weighted by Crippen LogP contribution is -2.55. The van der Waals surface area contributed by atoms with Gasteiger partial charge >= 0.3 is 0 Å². The van der Waals surface area contributed by atoms with E-state index >= 15 is 0 Å². The van der Waals surface area contributed by atoms with E-state index in [1.54, 1.807) is 12.1 Å². The number of nitrogens with zero attached hydrogens (tertiary/aromatic N) is 1. The highest BCUT2D eigenvalue weighted by molar-refractivity contribution is 5.89. The number of ether oxygens (including phenoxy) is 1. The molecule has 1 aliphatic heterocycles. The predicted molar refractivity (Wildman–Crippen MR) is 113 cm³/mol. The van der Waals surface area contributed by atoms with Crippen LogP contribution < -0.4 is 10.1 Å². The third-order valence-electron chi connectivity index (χ3n) is 8.35. The van der Waals surface area contributed by atoms with Gasteiger partial charge in [0.15, 0.2) is 17.2 Å². The van der Waals surface area contributed by atoms with E-state index in [2.05, 4.69) is 5.32 Å². The van der Waals surface area contributed by atoms with Crippen LogP contribution in [0, 0.1) is 16.6 Å². The minimum Gasteiger partial charge on any atom is -0.474 e. The Labute approximate surface area is 186 Å². The quantitative estimate of drug-likeness (QED) is 0.619. The Morgan fingerprint density at radius 1 is 1.06 bits per heavy atom. The number of aliphatic hydroxyl groups excluding tert-OH is 2. The largest absolute Gasteiger partial charge is 0.474 e. The fourth-order valence-electron chi connectivity index (χ4n) is 5.76. The highest BCUT2D eigenvalue weighted by Gasteiger charge is 2.57. The molecule has 2 bridgehead atoms. The Morgan fingerprint density at radius 2 is 1.72 bits per heavy atom. The molecule has 5 aliphatic rings. The Bertz CT molecular complexity index is 893. The van der Waals surface area contributed by atoms with E-state index < -0.39 is 29.0 Å². The molecule has 1 heterocycles. The molecule has 3 N–H and O–H groups in total. The number of amides is 2. The Kier molecular flexibility index (Phi) is 5.21. The van der Waals surface area contributed by atoms with Crippen LogP contribution in [-0.4, -0.2) is 64.4 Å². The van der Waals surface area contributed by atoms with Crippen LogP contribution in [0.5, 0.6) is 5.75 Å². The molecule has 174 valence electrons. The number of halogens is 1. The van der Waals surface area contributed by atoms with Crippen molar-refractivity contribution >= 4 is 11.8 Å².